The predicted octanol–water partition coefficient (Wildman–Crippen LogP) is 3.44. The number of hydrogen-bond acceptors (Lipinski definition) is 5. The molecule has 3 aromatic rings. The first-order chi connectivity index (χ1) is 15.7. The molecule has 1 aromatic heterocycles. The van der Waals surface area contributed by atoms with Crippen LogP contribution in [0.25, 0.3) is 17.0 Å². The quantitative estimate of drug-likeness (QED) is 0.236. The zero-order chi connectivity index (χ0) is 23.8. The van der Waals surface area contributed by atoms with E-state index in [2.05, 4.69) is 14.8 Å². The van der Waals surface area contributed by atoms with E-state index in [0.29, 0.717) is 21.7 Å². The largest absolute Gasteiger partial charge is 0.469 e. The second-order valence-corrected chi connectivity index (χ2v) is 8.81. The van der Waals surface area contributed by atoms with Crippen molar-refractivity contribution in [2.75, 3.05) is 6.61 Å². The van der Waals surface area contributed by atoms with Crippen molar-refractivity contribution >= 4 is 48.3 Å². The minimum absolute atomic E-state index is 0.0225. The van der Waals surface area contributed by atoms with Gasteiger partial charge in [0.2, 0.25) is 0 Å². The van der Waals surface area contributed by atoms with E-state index >= 15 is 0 Å². The highest BCUT2D eigenvalue weighted by Crippen LogP contribution is 2.39. The lowest BCUT2D eigenvalue weighted by Crippen LogP contribution is -2.37. The Morgan fingerprint density at radius 2 is 1.94 bits per heavy atom. The number of nitrogens with one attached hydrogen (secondary N) is 2. The number of urea groups is 1. The van der Waals surface area contributed by atoms with Crippen molar-refractivity contribution in [3.8, 4) is 6.07 Å². The summed E-state index contributed by atoms with van der Waals surface area (Å²) < 4.78 is 15.9. The second-order valence-electron chi connectivity index (χ2n) is 7.13. The van der Waals surface area contributed by atoms with Gasteiger partial charge in [0.05, 0.1) is 24.3 Å². The molecular weight excluding hydrogens is 471 g/mol. The highest BCUT2D eigenvalue weighted by molar-refractivity contribution is 7.46. The fourth-order valence-electron chi connectivity index (χ4n) is 3.49. The summed E-state index contributed by atoms with van der Waals surface area (Å²) in [7, 11) is -4.88. The summed E-state index contributed by atoms with van der Waals surface area (Å²) in [6.07, 6.45) is 3.15. The number of phosphoric acid groups is 1. The molecule has 2 heterocycles. The van der Waals surface area contributed by atoms with Crippen LogP contribution in [0.2, 0.25) is 5.02 Å². The van der Waals surface area contributed by atoms with Gasteiger partial charge in [-0.25, -0.2) is 14.3 Å². The zero-order valence-corrected chi connectivity index (χ0v) is 18.4. The number of aromatic nitrogens is 1. The van der Waals surface area contributed by atoms with Crippen LogP contribution in [0.1, 0.15) is 22.7 Å². The molecule has 0 saturated carbocycles. The van der Waals surface area contributed by atoms with E-state index in [-0.39, 0.29) is 5.70 Å². The van der Waals surface area contributed by atoms with Crippen LogP contribution in [0.3, 0.4) is 0 Å². The minimum atomic E-state index is -4.88. The summed E-state index contributed by atoms with van der Waals surface area (Å²) in [5.41, 5.74) is 2.05. The number of nitriles is 1. The van der Waals surface area contributed by atoms with Gasteiger partial charge in [0, 0.05) is 27.7 Å². The van der Waals surface area contributed by atoms with E-state index in [1.54, 1.807) is 24.4 Å². The number of phosphoric ester groups is 1. The lowest BCUT2D eigenvalue weighted by atomic mass is 10.0. The summed E-state index contributed by atoms with van der Waals surface area (Å²) >= 11 is 6.00. The van der Waals surface area contributed by atoms with E-state index in [1.165, 1.54) is 30.3 Å². The number of aromatic amines is 1. The molecule has 1 aliphatic rings. The molecule has 10 nitrogen and oxygen atoms in total. The van der Waals surface area contributed by atoms with Gasteiger partial charge in [-0.05, 0) is 35.9 Å². The van der Waals surface area contributed by atoms with Crippen LogP contribution < -0.4 is 5.32 Å². The van der Waals surface area contributed by atoms with Gasteiger partial charge in [0.15, 0.2) is 0 Å². The van der Waals surface area contributed by atoms with Crippen LogP contribution in [0.15, 0.2) is 54.4 Å². The molecule has 168 valence electrons. The smallest absolute Gasteiger partial charge is 0.361 e. The standard InChI is InChI=1S/C21H16ClN4O6P/c22-15-5-6-16-14(10-24-17(16)8-15)7-18-20(27)26(21(28)25-18)19(11-32-33(29,30)31)13-3-1-12(9-23)2-4-13/h1-8,10,19,24H,11H2,(H,25,28)(H2,29,30,31)/b18-7-/t19-/m0/s1. The molecule has 2 aromatic carbocycles. The second kappa shape index (κ2) is 8.83. The van der Waals surface area contributed by atoms with Crippen molar-refractivity contribution < 1.29 is 28.5 Å². The number of H-pyrrole nitrogens is 1. The Kier molecular flexibility index (Phi) is 6.08. The van der Waals surface area contributed by atoms with Crippen LogP contribution in [0.4, 0.5) is 4.79 Å². The number of carbonyl (C=O) groups excluding carboxylic acids is 2. The fraction of sp³-hybridized carbons (Fsp3) is 0.0952. The van der Waals surface area contributed by atoms with E-state index < -0.39 is 32.4 Å². The number of rotatable bonds is 6. The Hall–Kier alpha value is -3.45. The van der Waals surface area contributed by atoms with Gasteiger partial charge in [-0.15, -0.1) is 0 Å². The molecule has 4 N–H and O–H groups in total. The maximum Gasteiger partial charge on any atom is 0.469 e. The highest BCUT2D eigenvalue weighted by Gasteiger charge is 2.40. The summed E-state index contributed by atoms with van der Waals surface area (Å²) in [4.78, 5) is 48.0. The monoisotopic (exact) mass is 486 g/mol. The van der Waals surface area contributed by atoms with Crippen LogP contribution >= 0.6 is 19.4 Å². The van der Waals surface area contributed by atoms with Gasteiger partial charge in [-0.3, -0.25) is 9.32 Å². The maximum absolute atomic E-state index is 13.1. The SMILES string of the molecule is N#Cc1ccc([C@H](COP(=O)(O)O)N2C(=O)N/C(=C\c3c[nH]c4cc(Cl)ccc34)C2=O)cc1. The van der Waals surface area contributed by atoms with Gasteiger partial charge in [-0.1, -0.05) is 29.8 Å². The number of carbonyl (C=O) groups is 2. The number of amides is 3. The van der Waals surface area contributed by atoms with E-state index in [4.69, 9.17) is 26.6 Å². The molecule has 33 heavy (non-hydrogen) atoms. The van der Waals surface area contributed by atoms with Crippen molar-refractivity contribution in [3.05, 3.63) is 76.1 Å². The average Bonchev–Trinajstić information content (AvgIpc) is 3.28. The lowest BCUT2D eigenvalue weighted by Gasteiger charge is -2.25. The normalized spacial score (nSPS) is 16.3. The fourth-order valence-corrected chi connectivity index (χ4v) is 4.00. The maximum atomic E-state index is 13.1. The van der Waals surface area contributed by atoms with Crippen LogP contribution in [-0.4, -0.2) is 38.2 Å². The molecule has 0 unspecified atom stereocenters. The first-order valence-electron chi connectivity index (χ1n) is 9.49. The molecular formula is C21H16ClN4O6P. The highest BCUT2D eigenvalue weighted by atomic mass is 35.5. The van der Waals surface area contributed by atoms with Gasteiger partial charge in [0.1, 0.15) is 5.70 Å². The molecule has 1 atom stereocenters. The Balaban J connectivity index is 1.69. The van der Waals surface area contributed by atoms with Crippen LogP contribution in [0.5, 0.6) is 0 Å². The molecule has 0 aliphatic carbocycles. The van der Waals surface area contributed by atoms with E-state index in [0.717, 1.165) is 15.8 Å². The van der Waals surface area contributed by atoms with Crippen molar-refractivity contribution in [1.29, 1.82) is 5.26 Å². The van der Waals surface area contributed by atoms with Crippen LogP contribution in [0, 0.1) is 11.3 Å². The zero-order valence-electron chi connectivity index (χ0n) is 16.7. The molecule has 0 bridgehead atoms. The molecule has 1 saturated heterocycles. The summed E-state index contributed by atoms with van der Waals surface area (Å²) in [5, 5.41) is 12.8. The minimum Gasteiger partial charge on any atom is -0.361 e. The molecule has 0 radical (unpaired) electrons. The van der Waals surface area contributed by atoms with Crippen molar-refractivity contribution in [3.63, 3.8) is 0 Å². The number of imide groups is 1. The summed E-state index contributed by atoms with van der Waals surface area (Å²) in [6, 6.07) is 11.1. The third-order valence-electron chi connectivity index (χ3n) is 5.02. The van der Waals surface area contributed by atoms with Crippen LogP contribution in [-0.2, 0) is 13.9 Å². The third-order valence-corrected chi connectivity index (χ3v) is 5.74. The first kappa shape index (κ1) is 22.7. The van der Waals surface area contributed by atoms with Gasteiger partial charge in [0.25, 0.3) is 5.91 Å². The number of nitrogens with zero attached hydrogens (tertiary/aromatic N) is 2. The number of hydrogen-bond donors (Lipinski definition) is 4. The number of halogens is 1. The third kappa shape index (κ3) is 4.83. The van der Waals surface area contributed by atoms with Crippen molar-refractivity contribution in [2.45, 2.75) is 6.04 Å². The Morgan fingerprint density at radius 3 is 2.61 bits per heavy atom. The van der Waals surface area contributed by atoms with Crippen molar-refractivity contribution in [1.82, 2.24) is 15.2 Å². The van der Waals surface area contributed by atoms with Gasteiger partial charge in [-0.2, -0.15) is 5.26 Å². The molecule has 3 amide bonds. The van der Waals surface area contributed by atoms with Crippen molar-refractivity contribution in [2.24, 2.45) is 0 Å². The van der Waals surface area contributed by atoms with Gasteiger partial charge < -0.3 is 20.1 Å². The predicted molar refractivity (Wildman–Crippen MR) is 119 cm³/mol. The molecule has 12 heteroatoms. The molecule has 1 fully saturated rings. The number of benzene rings is 2. The molecule has 1 aliphatic heterocycles. The Bertz CT molecular complexity index is 1370. The van der Waals surface area contributed by atoms with E-state index in [1.807, 2.05) is 6.07 Å². The average molecular weight is 487 g/mol. The Morgan fingerprint density at radius 1 is 1.21 bits per heavy atom. The lowest BCUT2D eigenvalue weighted by molar-refractivity contribution is -0.125. The topological polar surface area (TPSA) is 156 Å². The molecule has 4 rings (SSSR count). The van der Waals surface area contributed by atoms with Gasteiger partial charge >= 0.3 is 13.9 Å². The summed E-state index contributed by atoms with van der Waals surface area (Å²) in [5.74, 6) is -0.702. The molecule has 0 spiro atoms. The first-order valence-corrected chi connectivity index (χ1v) is 11.4. The summed E-state index contributed by atoms with van der Waals surface area (Å²) in [6.45, 7) is -0.645. The Labute approximate surface area is 192 Å². The van der Waals surface area contributed by atoms with E-state index in [9.17, 15) is 14.2 Å². The number of fused-ring (bicyclic) bond motifs is 1.